The fourth-order valence-electron chi connectivity index (χ4n) is 1.96. The minimum absolute atomic E-state index is 0.0543. The minimum atomic E-state index is -4.01. The van der Waals surface area contributed by atoms with Gasteiger partial charge in [-0.1, -0.05) is 42.5 Å². The lowest BCUT2D eigenvalue weighted by Crippen LogP contribution is -2.47. The summed E-state index contributed by atoms with van der Waals surface area (Å²) in [5, 5.41) is 17.6. The van der Waals surface area contributed by atoms with E-state index in [4.69, 9.17) is 10.3 Å². The average molecular weight is 336 g/mol. The molecule has 0 aliphatic carbocycles. The van der Waals surface area contributed by atoms with Crippen LogP contribution in [0.1, 0.15) is 0 Å². The summed E-state index contributed by atoms with van der Waals surface area (Å²) in [6.45, 7) is -0.784. The third-order valence-corrected chi connectivity index (χ3v) is 4.67. The standard InChI is InChI=1S/C15H16N2O5S/c18-10-14(15(19)16-20)17-23(21,22)13-8-6-12(7-9-13)11-4-2-1-3-5-11/h1-9,14,17-18,20H,10H2,(H,16,19). The molecule has 1 atom stereocenters. The third kappa shape index (κ3) is 4.14. The Morgan fingerprint density at radius 3 is 2.09 bits per heavy atom. The van der Waals surface area contributed by atoms with Crippen LogP contribution in [0.4, 0.5) is 0 Å². The summed E-state index contributed by atoms with van der Waals surface area (Å²) in [5.41, 5.74) is 3.08. The van der Waals surface area contributed by atoms with Crippen LogP contribution in [0.5, 0.6) is 0 Å². The van der Waals surface area contributed by atoms with E-state index >= 15 is 0 Å². The lowest BCUT2D eigenvalue weighted by Gasteiger charge is -2.14. The lowest BCUT2D eigenvalue weighted by molar-refractivity contribution is -0.131. The van der Waals surface area contributed by atoms with Gasteiger partial charge in [0.15, 0.2) is 0 Å². The van der Waals surface area contributed by atoms with Crippen molar-refractivity contribution >= 4 is 15.9 Å². The summed E-state index contributed by atoms with van der Waals surface area (Å²) in [4.78, 5) is 11.2. The zero-order valence-corrected chi connectivity index (χ0v) is 12.8. The van der Waals surface area contributed by atoms with Crippen LogP contribution >= 0.6 is 0 Å². The van der Waals surface area contributed by atoms with Crippen molar-refractivity contribution in [1.82, 2.24) is 10.2 Å². The zero-order chi connectivity index (χ0) is 16.9. The van der Waals surface area contributed by atoms with E-state index < -0.39 is 28.6 Å². The van der Waals surface area contributed by atoms with Gasteiger partial charge in [0.05, 0.1) is 11.5 Å². The first kappa shape index (κ1) is 17.1. The number of carbonyl (C=O) groups excluding carboxylic acids is 1. The number of aliphatic hydroxyl groups excluding tert-OH is 1. The predicted octanol–water partition coefficient (Wildman–Crippen LogP) is 0.498. The lowest BCUT2D eigenvalue weighted by atomic mass is 10.1. The summed E-state index contributed by atoms with van der Waals surface area (Å²) in [6, 6.07) is 14.0. The van der Waals surface area contributed by atoms with Crippen molar-refractivity contribution in [1.29, 1.82) is 0 Å². The molecule has 1 unspecified atom stereocenters. The number of nitrogens with one attached hydrogen (secondary N) is 2. The number of rotatable bonds is 6. The topological polar surface area (TPSA) is 116 Å². The molecule has 0 aliphatic heterocycles. The van der Waals surface area contributed by atoms with Crippen LogP contribution in [0.15, 0.2) is 59.5 Å². The molecule has 0 aromatic heterocycles. The Morgan fingerprint density at radius 1 is 1.00 bits per heavy atom. The molecule has 0 saturated heterocycles. The summed E-state index contributed by atoms with van der Waals surface area (Å²) < 4.78 is 26.4. The molecule has 0 saturated carbocycles. The number of benzene rings is 2. The Labute approximate surface area is 133 Å². The van der Waals surface area contributed by atoms with Crippen LogP contribution in [0.3, 0.4) is 0 Å². The van der Waals surface area contributed by atoms with Crippen molar-refractivity contribution in [2.24, 2.45) is 0 Å². The fraction of sp³-hybridized carbons (Fsp3) is 0.133. The fourth-order valence-corrected chi connectivity index (χ4v) is 3.15. The molecule has 1 amide bonds. The van der Waals surface area contributed by atoms with Crippen molar-refractivity contribution in [3.63, 3.8) is 0 Å². The molecular weight excluding hydrogens is 320 g/mol. The maximum atomic E-state index is 12.2. The molecule has 7 nitrogen and oxygen atoms in total. The van der Waals surface area contributed by atoms with E-state index in [1.165, 1.54) is 17.6 Å². The van der Waals surface area contributed by atoms with E-state index in [1.54, 1.807) is 12.1 Å². The monoisotopic (exact) mass is 336 g/mol. The third-order valence-electron chi connectivity index (χ3n) is 3.18. The first-order chi connectivity index (χ1) is 11.0. The van der Waals surface area contributed by atoms with Gasteiger partial charge < -0.3 is 5.11 Å². The van der Waals surface area contributed by atoms with E-state index in [9.17, 15) is 13.2 Å². The number of hydrogen-bond acceptors (Lipinski definition) is 5. The number of carbonyl (C=O) groups is 1. The smallest absolute Gasteiger partial charge is 0.263 e. The highest BCUT2D eigenvalue weighted by Crippen LogP contribution is 2.21. The zero-order valence-electron chi connectivity index (χ0n) is 12.0. The highest BCUT2D eigenvalue weighted by Gasteiger charge is 2.24. The van der Waals surface area contributed by atoms with E-state index in [2.05, 4.69) is 0 Å². The first-order valence-electron chi connectivity index (χ1n) is 6.70. The Hall–Kier alpha value is -2.26. The van der Waals surface area contributed by atoms with Gasteiger partial charge in [-0.25, -0.2) is 13.9 Å². The number of amides is 1. The number of aliphatic hydroxyl groups is 1. The summed E-state index contributed by atoms with van der Waals surface area (Å²) in [7, 11) is -4.01. The largest absolute Gasteiger partial charge is 0.394 e. The first-order valence-corrected chi connectivity index (χ1v) is 8.19. The van der Waals surface area contributed by atoms with Gasteiger partial charge in [-0.2, -0.15) is 4.72 Å². The van der Waals surface area contributed by atoms with Crippen molar-refractivity contribution in [3.05, 3.63) is 54.6 Å². The molecular formula is C15H16N2O5S. The van der Waals surface area contributed by atoms with Gasteiger partial charge in [0.25, 0.3) is 5.91 Å². The molecule has 2 aromatic rings. The molecule has 0 spiro atoms. The Balaban J connectivity index is 2.22. The van der Waals surface area contributed by atoms with Gasteiger partial charge in [-0.15, -0.1) is 0 Å². The van der Waals surface area contributed by atoms with Gasteiger partial charge in [0.2, 0.25) is 10.0 Å². The van der Waals surface area contributed by atoms with Crippen LogP contribution in [-0.4, -0.2) is 37.3 Å². The Kier molecular flexibility index (Phi) is 5.45. The highest BCUT2D eigenvalue weighted by molar-refractivity contribution is 7.89. The van der Waals surface area contributed by atoms with E-state index in [1.807, 2.05) is 35.1 Å². The minimum Gasteiger partial charge on any atom is -0.394 e. The summed E-state index contributed by atoms with van der Waals surface area (Å²) >= 11 is 0. The van der Waals surface area contributed by atoms with E-state index in [-0.39, 0.29) is 4.90 Å². The molecule has 23 heavy (non-hydrogen) atoms. The van der Waals surface area contributed by atoms with Gasteiger partial charge in [-0.3, -0.25) is 10.0 Å². The highest BCUT2D eigenvalue weighted by atomic mass is 32.2. The molecule has 2 rings (SSSR count). The SMILES string of the molecule is O=C(NO)C(CO)NS(=O)(=O)c1ccc(-c2ccccc2)cc1. The predicted molar refractivity (Wildman–Crippen MR) is 83.0 cm³/mol. The van der Waals surface area contributed by atoms with Crippen LogP contribution in [0.25, 0.3) is 11.1 Å². The van der Waals surface area contributed by atoms with Crippen LogP contribution in [0, 0.1) is 0 Å². The maximum Gasteiger partial charge on any atom is 0.263 e. The second-order valence-corrected chi connectivity index (χ2v) is 6.44. The van der Waals surface area contributed by atoms with E-state index in [0.29, 0.717) is 0 Å². The van der Waals surface area contributed by atoms with Gasteiger partial charge >= 0.3 is 0 Å². The molecule has 0 radical (unpaired) electrons. The van der Waals surface area contributed by atoms with E-state index in [0.717, 1.165) is 11.1 Å². The van der Waals surface area contributed by atoms with Crippen molar-refractivity contribution < 1.29 is 23.5 Å². The van der Waals surface area contributed by atoms with Crippen molar-refractivity contribution in [3.8, 4) is 11.1 Å². The van der Waals surface area contributed by atoms with Gasteiger partial charge in [0.1, 0.15) is 6.04 Å². The second kappa shape index (κ2) is 7.34. The Bertz CT molecular complexity index is 760. The molecule has 0 heterocycles. The molecule has 122 valence electrons. The molecule has 0 fully saturated rings. The Morgan fingerprint density at radius 2 is 1.57 bits per heavy atom. The molecule has 8 heteroatoms. The summed E-state index contributed by atoms with van der Waals surface area (Å²) in [6.07, 6.45) is 0. The number of hydrogen-bond donors (Lipinski definition) is 4. The molecule has 4 N–H and O–H groups in total. The molecule has 0 bridgehead atoms. The van der Waals surface area contributed by atoms with Crippen LogP contribution in [-0.2, 0) is 14.8 Å². The van der Waals surface area contributed by atoms with Gasteiger partial charge in [0, 0.05) is 0 Å². The quantitative estimate of drug-likeness (QED) is 0.453. The van der Waals surface area contributed by atoms with Crippen molar-refractivity contribution in [2.75, 3.05) is 6.61 Å². The molecule has 2 aromatic carbocycles. The summed E-state index contributed by atoms with van der Waals surface area (Å²) in [5.74, 6) is -1.04. The van der Waals surface area contributed by atoms with Gasteiger partial charge in [-0.05, 0) is 23.3 Å². The van der Waals surface area contributed by atoms with Crippen LogP contribution in [0.2, 0.25) is 0 Å². The van der Waals surface area contributed by atoms with Crippen LogP contribution < -0.4 is 10.2 Å². The number of sulfonamides is 1. The van der Waals surface area contributed by atoms with Crippen molar-refractivity contribution in [2.45, 2.75) is 10.9 Å². The second-order valence-electron chi connectivity index (χ2n) is 4.72. The normalized spacial score (nSPS) is 12.6. The number of hydroxylamine groups is 1. The molecule has 0 aliphatic rings. The maximum absolute atomic E-state index is 12.2. The average Bonchev–Trinajstić information content (AvgIpc) is 2.60.